The lowest BCUT2D eigenvalue weighted by Crippen LogP contribution is -1.94. The van der Waals surface area contributed by atoms with E-state index in [4.69, 9.17) is 9.47 Å². The van der Waals surface area contributed by atoms with E-state index in [0.717, 1.165) is 27.8 Å². The molecule has 4 aromatic rings. The molecule has 0 bridgehead atoms. The van der Waals surface area contributed by atoms with Crippen molar-refractivity contribution in [3.63, 3.8) is 0 Å². The van der Waals surface area contributed by atoms with Crippen LogP contribution in [0.4, 0.5) is 0 Å². The van der Waals surface area contributed by atoms with Crippen molar-refractivity contribution in [2.45, 2.75) is 13.5 Å². The van der Waals surface area contributed by atoms with Crippen molar-refractivity contribution in [2.75, 3.05) is 0 Å². The van der Waals surface area contributed by atoms with Crippen LogP contribution in [0.25, 0.3) is 10.8 Å². The van der Waals surface area contributed by atoms with Crippen molar-refractivity contribution < 1.29 is 14.3 Å². The van der Waals surface area contributed by atoms with Crippen LogP contribution in [0.15, 0.2) is 91.0 Å². The average Bonchev–Trinajstić information content (AvgIpc) is 2.73. The average molecular weight is 368 g/mol. The zero-order valence-electron chi connectivity index (χ0n) is 15.6. The number of rotatable bonds is 6. The second-order valence-corrected chi connectivity index (χ2v) is 6.63. The van der Waals surface area contributed by atoms with Gasteiger partial charge < -0.3 is 9.47 Å². The van der Waals surface area contributed by atoms with E-state index in [1.807, 2.05) is 66.7 Å². The van der Waals surface area contributed by atoms with Gasteiger partial charge in [-0.15, -0.1) is 0 Å². The van der Waals surface area contributed by atoms with E-state index in [2.05, 4.69) is 0 Å². The van der Waals surface area contributed by atoms with Crippen LogP contribution in [0.3, 0.4) is 0 Å². The fourth-order valence-electron chi connectivity index (χ4n) is 2.99. The van der Waals surface area contributed by atoms with Gasteiger partial charge in [0.05, 0.1) is 0 Å². The number of fused-ring (bicyclic) bond motifs is 1. The third-order valence-electron chi connectivity index (χ3n) is 4.53. The summed E-state index contributed by atoms with van der Waals surface area (Å²) in [7, 11) is 0. The number of ether oxygens (including phenoxy) is 2. The highest BCUT2D eigenvalue weighted by Gasteiger charge is 2.04. The van der Waals surface area contributed by atoms with Crippen molar-refractivity contribution in [3.05, 3.63) is 102 Å². The van der Waals surface area contributed by atoms with Crippen LogP contribution in [0, 0.1) is 0 Å². The molecule has 0 heterocycles. The lowest BCUT2D eigenvalue weighted by atomic mass is 10.1. The molecule has 28 heavy (non-hydrogen) atoms. The summed E-state index contributed by atoms with van der Waals surface area (Å²) >= 11 is 0. The SMILES string of the molecule is CC(=O)c1ccc(Oc2ccc3cc(OCc4ccccc4)ccc3c2)cc1. The molecule has 0 unspecified atom stereocenters. The van der Waals surface area contributed by atoms with E-state index in [0.29, 0.717) is 17.9 Å². The Hall–Kier alpha value is -3.59. The van der Waals surface area contributed by atoms with E-state index < -0.39 is 0 Å². The Kier molecular flexibility index (Phi) is 5.07. The number of hydrogen-bond acceptors (Lipinski definition) is 3. The van der Waals surface area contributed by atoms with E-state index >= 15 is 0 Å². The third kappa shape index (κ3) is 4.21. The highest BCUT2D eigenvalue weighted by Crippen LogP contribution is 2.28. The lowest BCUT2D eigenvalue weighted by molar-refractivity contribution is 0.101. The molecule has 3 heteroatoms. The first-order valence-corrected chi connectivity index (χ1v) is 9.17. The van der Waals surface area contributed by atoms with E-state index in [1.54, 1.807) is 31.2 Å². The molecule has 3 nitrogen and oxygen atoms in total. The third-order valence-corrected chi connectivity index (χ3v) is 4.53. The van der Waals surface area contributed by atoms with Crippen LogP contribution < -0.4 is 9.47 Å². The van der Waals surface area contributed by atoms with Crippen LogP contribution in [0.5, 0.6) is 17.2 Å². The van der Waals surface area contributed by atoms with Crippen LogP contribution in [-0.4, -0.2) is 5.78 Å². The van der Waals surface area contributed by atoms with Crippen molar-refractivity contribution in [1.82, 2.24) is 0 Å². The number of Topliss-reactive ketones (excluding diaryl/α,β-unsaturated/α-hetero) is 1. The smallest absolute Gasteiger partial charge is 0.159 e. The standard InChI is InChI=1S/C25H20O3/c1-18(26)20-7-11-23(12-8-20)28-25-14-10-21-15-24(13-9-22(21)16-25)27-17-19-5-3-2-4-6-19/h2-16H,17H2,1H3. The van der Waals surface area contributed by atoms with E-state index in [9.17, 15) is 4.79 Å². The summed E-state index contributed by atoms with van der Waals surface area (Å²) in [6.07, 6.45) is 0. The number of carbonyl (C=O) groups is 1. The van der Waals surface area contributed by atoms with Crippen LogP contribution in [0.1, 0.15) is 22.8 Å². The van der Waals surface area contributed by atoms with Crippen LogP contribution >= 0.6 is 0 Å². The number of ketones is 1. The lowest BCUT2D eigenvalue weighted by Gasteiger charge is -2.10. The molecule has 0 aliphatic carbocycles. The van der Waals surface area contributed by atoms with Gasteiger partial charge in [-0.05, 0) is 71.8 Å². The molecular weight excluding hydrogens is 348 g/mol. The first kappa shape index (κ1) is 17.8. The maximum absolute atomic E-state index is 11.4. The highest BCUT2D eigenvalue weighted by atomic mass is 16.5. The zero-order valence-corrected chi connectivity index (χ0v) is 15.6. The van der Waals surface area contributed by atoms with Crippen molar-refractivity contribution in [1.29, 1.82) is 0 Å². The van der Waals surface area contributed by atoms with Crippen LogP contribution in [-0.2, 0) is 6.61 Å². The van der Waals surface area contributed by atoms with E-state index in [-0.39, 0.29) is 5.78 Å². The first-order chi connectivity index (χ1) is 13.7. The first-order valence-electron chi connectivity index (χ1n) is 9.17. The van der Waals surface area contributed by atoms with Gasteiger partial charge in [0.25, 0.3) is 0 Å². The topological polar surface area (TPSA) is 35.5 Å². The van der Waals surface area contributed by atoms with E-state index in [1.165, 1.54) is 0 Å². The molecule has 0 saturated heterocycles. The van der Waals surface area contributed by atoms with Gasteiger partial charge in [0.2, 0.25) is 0 Å². The highest BCUT2D eigenvalue weighted by molar-refractivity contribution is 5.94. The predicted octanol–water partition coefficient (Wildman–Crippen LogP) is 6.41. The molecule has 138 valence electrons. The van der Waals surface area contributed by atoms with Gasteiger partial charge in [0.1, 0.15) is 23.9 Å². The van der Waals surface area contributed by atoms with Gasteiger partial charge in [-0.2, -0.15) is 0 Å². The molecule has 4 aromatic carbocycles. The molecule has 0 atom stereocenters. The maximum Gasteiger partial charge on any atom is 0.159 e. The second kappa shape index (κ2) is 7.97. The largest absolute Gasteiger partial charge is 0.489 e. The minimum absolute atomic E-state index is 0.0440. The van der Waals surface area contributed by atoms with Crippen molar-refractivity contribution in [2.24, 2.45) is 0 Å². The molecule has 0 aliphatic rings. The Morgan fingerprint density at radius 2 is 1.32 bits per heavy atom. The summed E-state index contributed by atoms with van der Waals surface area (Å²) in [4.78, 5) is 11.4. The zero-order chi connectivity index (χ0) is 19.3. The molecule has 0 fully saturated rings. The fourth-order valence-corrected chi connectivity index (χ4v) is 2.99. The Morgan fingerprint density at radius 1 is 0.714 bits per heavy atom. The minimum atomic E-state index is 0.0440. The summed E-state index contributed by atoms with van der Waals surface area (Å²) < 4.78 is 11.8. The Balaban J connectivity index is 1.47. The molecule has 0 saturated carbocycles. The van der Waals surface area contributed by atoms with Gasteiger partial charge in [-0.1, -0.05) is 42.5 Å². The van der Waals surface area contributed by atoms with Gasteiger partial charge in [0.15, 0.2) is 5.78 Å². The van der Waals surface area contributed by atoms with Crippen LogP contribution in [0.2, 0.25) is 0 Å². The molecule has 0 aliphatic heterocycles. The molecule has 0 N–H and O–H groups in total. The van der Waals surface area contributed by atoms with Crippen molar-refractivity contribution >= 4 is 16.6 Å². The summed E-state index contributed by atoms with van der Waals surface area (Å²) in [5.41, 5.74) is 1.82. The molecule has 0 radical (unpaired) electrons. The summed E-state index contributed by atoms with van der Waals surface area (Å²) in [6.45, 7) is 2.10. The summed E-state index contributed by atoms with van der Waals surface area (Å²) in [6, 6.07) is 29.2. The molecular formula is C25H20O3. The predicted molar refractivity (Wildman–Crippen MR) is 111 cm³/mol. The number of hydrogen-bond donors (Lipinski definition) is 0. The molecule has 0 spiro atoms. The normalized spacial score (nSPS) is 10.6. The van der Waals surface area contributed by atoms with Crippen molar-refractivity contribution in [3.8, 4) is 17.2 Å². The number of benzene rings is 4. The molecule has 4 rings (SSSR count). The van der Waals surface area contributed by atoms with Gasteiger partial charge in [-0.25, -0.2) is 0 Å². The summed E-state index contributed by atoms with van der Waals surface area (Å²) in [5, 5.41) is 2.16. The van der Waals surface area contributed by atoms with Gasteiger partial charge in [0, 0.05) is 5.56 Å². The molecule has 0 aromatic heterocycles. The monoisotopic (exact) mass is 368 g/mol. The molecule has 0 amide bonds. The quantitative estimate of drug-likeness (QED) is 0.369. The fraction of sp³-hybridized carbons (Fsp3) is 0.0800. The second-order valence-electron chi connectivity index (χ2n) is 6.63. The summed E-state index contributed by atoms with van der Waals surface area (Å²) in [5.74, 6) is 2.33. The van der Waals surface area contributed by atoms with Gasteiger partial charge >= 0.3 is 0 Å². The number of carbonyl (C=O) groups excluding carboxylic acids is 1. The Labute approximate surface area is 164 Å². The Bertz CT molecular complexity index is 1100. The maximum atomic E-state index is 11.4. The minimum Gasteiger partial charge on any atom is -0.489 e. The Morgan fingerprint density at radius 3 is 2.00 bits per heavy atom. The van der Waals surface area contributed by atoms with Gasteiger partial charge in [-0.3, -0.25) is 4.79 Å².